The van der Waals surface area contributed by atoms with Crippen LogP contribution < -0.4 is 0 Å². The summed E-state index contributed by atoms with van der Waals surface area (Å²) in [6.07, 6.45) is 57.8. The minimum Gasteiger partial charge on any atom is -0.462 e. The van der Waals surface area contributed by atoms with E-state index < -0.39 is 57.8 Å². The molecule has 0 aliphatic carbocycles. The molecule has 0 saturated carbocycles. The van der Waals surface area contributed by atoms with Gasteiger partial charge in [-0.05, 0) is 116 Å². The van der Waals surface area contributed by atoms with Gasteiger partial charge in [-0.3, -0.25) is 23.4 Å². The van der Waals surface area contributed by atoms with E-state index in [9.17, 15) is 28.9 Å². The number of hydrogen-bond donors (Lipinski definition) is 2. The molecule has 68 heavy (non-hydrogen) atoms. The van der Waals surface area contributed by atoms with Crippen molar-refractivity contribution in [2.75, 3.05) is 26.4 Å². The number of aliphatic hydroxyl groups is 1. The van der Waals surface area contributed by atoms with Gasteiger partial charge in [0.2, 0.25) is 0 Å². The lowest BCUT2D eigenvalue weighted by molar-refractivity contribution is -0.161. The van der Waals surface area contributed by atoms with Crippen LogP contribution in [0, 0.1) is 0 Å². The Bertz CT molecular complexity index is 1550. The number of hydrogen-bond acceptors (Lipinski definition) is 10. The average molecular weight is 971 g/mol. The van der Waals surface area contributed by atoms with Gasteiger partial charge in [0.15, 0.2) is 6.10 Å². The van der Waals surface area contributed by atoms with E-state index in [0.717, 1.165) is 116 Å². The Balaban J connectivity index is 4.91. The highest BCUT2D eigenvalue weighted by molar-refractivity contribution is 7.47. The SMILES string of the molecule is CC/C=C\C/C=C\C/C=C\C/C=C\CCCCC(=O)OCC(COP(=O)(O)OCC(CO)OC(=O)CCCCCCC/C=C\CCCC)OC(=O)CCCC/C=C\C/C=C\C/C=C\C/C=C\CC. The van der Waals surface area contributed by atoms with Crippen LogP contribution in [0.2, 0.25) is 0 Å². The second kappa shape index (κ2) is 49.6. The normalized spacial score (nSPS) is 14.4. The monoisotopic (exact) mass is 971 g/mol. The predicted molar refractivity (Wildman–Crippen MR) is 279 cm³/mol. The molecule has 2 N–H and O–H groups in total. The molecule has 0 heterocycles. The Hall–Kier alpha value is -3.86. The minimum absolute atomic E-state index is 0.100. The molecule has 12 heteroatoms. The number of unbranched alkanes of at least 4 members (excludes halogenated alkanes) is 11. The topological polar surface area (TPSA) is 155 Å². The van der Waals surface area contributed by atoms with E-state index in [4.69, 9.17) is 23.3 Å². The summed E-state index contributed by atoms with van der Waals surface area (Å²) in [6.45, 7) is 4.23. The molecule has 386 valence electrons. The lowest BCUT2D eigenvalue weighted by Crippen LogP contribution is -2.30. The fraction of sp³-hybridized carbons (Fsp3) is 0.625. The minimum atomic E-state index is -4.77. The molecule has 0 aromatic carbocycles. The van der Waals surface area contributed by atoms with Gasteiger partial charge >= 0.3 is 25.7 Å². The van der Waals surface area contributed by atoms with Crippen molar-refractivity contribution < 1.29 is 52.2 Å². The maximum atomic E-state index is 12.8. The van der Waals surface area contributed by atoms with E-state index in [1.165, 1.54) is 12.8 Å². The third-order valence-electron chi connectivity index (χ3n) is 10.2. The number of phosphoric ester groups is 1. The standard InChI is InChI=1S/C56H91O11P/c1-4-7-10-13-16-19-22-24-26-28-31-33-36-39-42-45-54(58)63-49-53(67-56(60)47-44-41-38-35-32-29-27-25-23-20-17-14-11-8-5-2)51-65-68(61,62)64-50-52(48-57)66-55(59)46-43-40-37-34-30-21-18-15-12-9-6-3/h7-8,10-11,15-20,24-27,31-33,35,52-53,57H,4-6,9,12-14,21-23,28-30,34,36-51H2,1-3H3,(H,61,62)/b10-7-,11-8-,18-15-,19-16-,20-17-,26-24-,27-25-,33-31-,35-32-. The Morgan fingerprint density at radius 3 is 1.22 bits per heavy atom. The fourth-order valence-corrected chi connectivity index (χ4v) is 7.04. The maximum Gasteiger partial charge on any atom is 0.472 e. The fourth-order valence-electron chi connectivity index (χ4n) is 6.26. The number of rotatable bonds is 46. The van der Waals surface area contributed by atoms with Crippen LogP contribution in [0.1, 0.15) is 188 Å². The maximum absolute atomic E-state index is 12.8. The zero-order valence-electron chi connectivity index (χ0n) is 42.3. The van der Waals surface area contributed by atoms with Gasteiger partial charge in [-0.1, -0.05) is 162 Å². The second-order valence-corrected chi connectivity index (χ2v) is 18.0. The molecule has 11 nitrogen and oxygen atoms in total. The van der Waals surface area contributed by atoms with Gasteiger partial charge in [0.05, 0.1) is 19.8 Å². The van der Waals surface area contributed by atoms with Gasteiger partial charge in [-0.15, -0.1) is 0 Å². The second-order valence-electron chi connectivity index (χ2n) is 16.6. The van der Waals surface area contributed by atoms with Crippen molar-refractivity contribution in [2.24, 2.45) is 0 Å². The third-order valence-corrected chi connectivity index (χ3v) is 11.1. The number of carbonyl (C=O) groups is 3. The van der Waals surface area contributed by atoms with E-state index in [0.29, 0.717) is 19.3 Å². The van der Waals surface area contributed by atoms with Gasteiger partial charge in [0.25, 0.3) is 0 Å². The molecule has 0 aromatic rings. The average Bonchev–Trinajstić information content (AvgIpc) is 3.32. The van der Waals surface area contributed by atoms with Crippen molar-refractivity contribution >= 4 is 25.7 Å². The highest BCUT2D eigenvalue weighted by Crippen LogP contribution is 2.43. The van der Waals surface area contributed by atoms with Crippen molar-refractivity contribution in [1.82, 2.24) is 0 Å². The molecule has 3 atom stereocenters. The highest BCUT2D eigenvalue weighted by atomic mass is 31.2. The van der Waals surface area contributed by atoms with E-state index in [1.54, 1.807) is 0 Å². The zero-order valence-corrected chi connectivity index (χ0v) is 43.2. The predicted octanol–water partition coefficient (Wildman–Crippen LogP) is 14.7. The van der Waals surface area contributed by atoms with Crippen molar-refractivity contribution in [3.05, 3.63) is 109 Å². The van der Waals surface area contributed by atoms with Gasteiger partial charge in [0.1, 0.15) is 12.7 Å². The van der Waals surface area contributed by atoms with Crippen LogP contribution in [0.25, 0.3) is 0 Å². The van der Waals surface area contributed by atoms with Crippen LogP contribution in [0.3, 0.4) is 0 Å². The molecular formula is C56H91O11P. The number of phosphoric acid groups is 1. The molecule has 0 spiro atoms. The molecular weight excluding hydrogens is 880 g/mol. The summed E-state index contributed by atoms with van der Waals surface area (Å²) < 4.78 is 39.2. The molecule has 0 rings (SSSR count). The van der Waals surface area contributed by atoms with Crippen molar-refractivity contribution in [2.45, 2.75) is 200 Å². The lowest BCUT2D eigenvalue weighted by atomic mass is 10.1. The molecule has 0 saturated heterocycles. The summed E-state index contributed by atoms with van der Waals surface area (Å²) in [7, 11) is -4.77. The first-order valence-electron chi connectivity index (χ1n) is 25.8. The first kappa shape index (κ1) is 64.1. The van der Waals surface area contributed by atoms with Crippen molar-refractivity contribution in [1.29, 1.82) is 0 Å². The van der Waals surface area contributed by atoms with E-state index in [2.05, 4.69) is 130 Å². The molecule has 0 amide bonds. The largest absolute Gasteiger partial charge is 0.472 e. The van der Waals surface area contributed by atoms with E-state index in [-0.39, 0.29) is 25.9 Å². The summed E-state index contributed by atoms with van der Waals surface area (Å²) in [5, 5.41) is 9.76. The third kappa shape index (κ3) is 47.2. The number of carbonyl (C=O) groups excluding carboxylic acids is 3. The van der Waals surface area contributed by atoms with Gasteiger partial charge < -0.3 is 24.2 Å². The molecule has 0 fully saturated rings. The summed E-state index contributed by atoms with van der Waals surface area (Å²) in [6, 6.07) is 0. The van der Waals surface area contributed by atoms with Crippen LogP contribution in [-0.2, 0) is 42.2 Å². The smallest absolute Gasteiger partial charge is 0.462 e. The van der Waals surface area contributed by atoms with Crippen LogP contribution in [0.4, 0.5) is 0 Å². The van der Waals surface area contributed by atoms with Crippen molar-refractivity contribution in [3.63, 3.8) is 0 Å². The quantitative estimate of drug-likeness (QED) is 0.0197. The number of ether oxygens (including phenoxy) is 3. The molecule has 0 aromatic heterocycles. The van der Waals surface area contributed by atoms with Gasteiger partial charge in [-0.25, -0.2) is 4.57 Å². The van der Waals surface area contributed by atoms with E-state index in [1.807, 2.05) is 0 Å². The molecule has 3 unspecified atom stereocenters. The van der Waals surface area contributed by atoms with Crippen LogP contribution in [0.5, 0.6) is 0 Å². The molecule has 0 aliphatic rings. The van der Waals surface area contributed by atoms with Crippen LogP contribution in [0.15, 0.2) is 109 Å². The van der Waals surface area contributed by atoms with Crippen LogP contribution >= 0.6 is 7.82 Å². The summed E-state index contributed by atoms with van der Waals surface area (Å²) >= 11 is 0. The zero-order chi connectivity index (χ0) is 49.9. The number of esters is 3. The first-order chi connectivity index (χ1) is 33.2. The Morgan fingerprint density at radius 1 is 0.426 bits per heavy atom. The van der Waals surface area contributed by atoms with E-state index >= 15 is 0 Å². The van der Waals surface area contributed by atoms with Crippen LogP contribution in [-0.4, -0.2) is 66.5 Å². The first-order valence-corrected chi connectivity index (χ1v) is 27.3. The Morgan fingerprint density at radius 2 is 0.765 bits per heavy atom. The Kier molecular flexibility index (Phi) is 46.7. The number of allylic oxidation sites excluding steroid dienone is 18. The highest BCUT2D eigenvalue weighted by Gasteiger charge is 2.28. The lowest BCUT2D eigenvalue weighted by Gasteiger charge is -2.21. The van der Waals surface area contributed by atoms with Gasteiger partial charge in [-0.2, -0.15) is 0 Å². The summed E-state index contributed by atoms with van der Waals surface area (Å²) in [4.78, 5) is 48.3. The van der Waals surface area contributed by atoms with Gasteiger partial charge in [0, 0.05) is 19.3 Å². The molecule has 0 radical (unpaired) electrons. The Labute approximate surface area is 412 Å². The molecule has 0 aliphatic heterocycles. The number of aliphatic hydroxyl groups excluding tert-OH is 1. The molecule has 0 bridgehead atoms. The van der Waals surface area contributed by atoms with Crippen molar-refractivity contribution in [3.8, 4) is 0 Å². The summed E-state index contributed by atoms with van der Waals surface area (Å²) in [5.74, 6) is -1.59. The summed E-state index contributed by atoms with van der Waals surface area (Å²) in [5.41, 5.74) is 0.